The van der Waals surface area contributed by atoms with Crippen molar-refractivity contribution in [2.24, 2.45) is 0 Å². The van der Waals surface area contributed by atoms with Crippen LogP contribution >= 0.6 is 11.6 Å². The molecule has 0 aliphatic rings. The number of nitrogens with zero attached hydrogens (tertiary/aromatic N) is 1. The number of amides is 1. The summed E-state index contributed by atoms with van der Waals surface area (Å²) >= 11 is 5.88. The van der Waals surface area contributed by atoms with Crippen molar-refractivity contribution in [2.45, 2.75) is 6.42 Å². The lowest BCUT2D eigenvalue weighted by Gasteiger charge is -2.13. The SMILES string of the molecule is COc1cc(Cc2nc3cc(NC(=O)c4ccc(Cl)cc4)ccc3o2)cc(OC)c1OC. The molecule has 1 N–H and O–H groups in total. The van der Waals surface area contributed by atoms with Gasteiger partial charge in [0.2, 0.25) is 5.75 Å². The van der Waals surface area contributed by atoms with Gasteiger partial charge in [0.05, 0.1) is 21.3 Å². The molecular formula is C24H21ClN2O5. The highest BCUT2D eigenvalue weighted by Gasteiger charge is 2.16. The first-order valence-electron chi connectivity index (χ1n) is 9.76. The van der Waals surface area contributed by atoms with Crippen LogP contribution in [0.4, 0.5) is 5.69 Å². The van der Waals surface area contributed by atoms with Crippen LogP contribution in [0.1, 0.15) is 21.8 Å². The molecule has 1 aromatic heterocycles. The summed E-state index contributed by atoms with van der Waals surface area (Å²) in [5.41, 5.74) is 3.28. The maximum absolute atomic E-state index is 12.4. The minimum absolute atomic E-state index is 0.234. The Morgan fingerprint density at radius 1 is 0.969 bits per heavy atom. The van der Waals surface area contributed by atoms with Crippen LogP contribution in [0.2, 0.25) is 5.02 Å². The van der Waals surface area contributed by atoms with Crippen molar-refractivity contribution in [1.82, 2.24) is 4.98 Å². The molecule has 0 unspecified atom stereocenters. The number of hydrogen-bond donors (Lipinski definition) is 1. The fourth-order valence-electron chi connectivity index (χ4n) is 3.35. The molecule has 0 saturated heterocycles. The predicted molar refractivity (Wildman–Crippen MR) is 122 cm³/mol. The number of benzene rings is 3. The van der Waals surface area contributed by atoms with Crippen LogP contribution in [0.3, 0.4) is 0 Å². The zero-order chi connectivity index (χ0) is 22.7. The van der Waals surface area contributed by atoms with E-state index < -0.39 is 0 Å². The van der Waals surface area contributed by atoms with Crippen molar-refractivity contribution < 1.29 is 23.4 Å². The van der Waals surface area contributed by atoms with Gasteiger partial charge >= 0.3 is 0 Å². The molecule has 7 nitrogen and oxygen atoms in total. The molecular weight excluding hydrogens is 432 g/mol. The molecule has 0 atom stereocenters. The Morgan fingerprint density at radius 2 is 1.66 bits per heavy atom. The van der Waals surface area contributed by atoms with E-state index in [4.69, 9.17) is 30.2 Å². The molecule has 0 aliphatic carbocycles. The van der Waals surface area contributed by atoms with E-state index in [0.717, 1.165) is 5.56 Å². The van der Waals surface area contributed by atoms with Gasteiger partial charge in [-0.25, -0.2) is 4.98 Å². The number of rotatable bonds is 7. The summed E-state index contributed by atoms with van der Waals surface area (Å²) in [5, 5.41) is 3.44. The number of methoxy groups -OCH3 is 3. The Kier molecular flexibility index (Phi) is 6.18. The third-order valence-electron chi connectivity index (χ3n) is 4.88. The van der Waals surface area contributed by atoms with Gasteiger partial charge < -0.3 is 23.9 Å². The summed E-state index contributed by atoms with van der Waals surface area (Å²) in [6.07, 6.45) is 0.428. The Bertz CT molecular complexity index is 1240. The normalized spacial score (nSPS) is 10.8. The van der Waals surface area contributed by atoms with Gasteiger partial charge in [0.1, 0.15) is 5.52 Å². The summed E-state index contributed by atoms with van der Waals surface area (Å²) in [6, 6.07) is 15.7. The minimum Gasteiger partial charge on any atom is -0.493 e. The quantitative estimate of drug-likeness (QED) is 0.407. The monoisotopic (exact) mass is 452 g/mol. The van der Waals surface area contributed by atoms with Crippen molar-refractivity contribution in [3.05, 3.63) is 76.6 Å². The molecule has 8 heteroatoms. The highest BCUT2D eigenvalue weighted by Crippen LogP contribution is 2.38. The molecule has 0 fully saturated rings. The smallest absolute Gasteiger partial charge is 0.255 e. The number of nitrogens with one attached hydrogen (secondary N) is 1. The highest BCUT2D eigenvalue weighted by molar-refractivity contribution is 6.30. The minimum atomic E-state index is -0.234. The predicted octanol–water partition coefficient (Wildman–Crippen LogP) is 5.35. The molecule has 32 heavy (non-hydrogen) atoms. The zero-order valence-corrected chi connectivity index (χ0v) is 18.5. The van der Waals surface area contributed by atoms with Gasteiger partial charge in [-0.1, -0.05) is 11.6 Å². The van der Waals surface area contributed by atoms with Crippen LogP contribution in [-0.2, 0) is 6.42 Å². The van der Waals surface area contributed by atoms with Crippen molar-refractivity contribution >= 4 is 34.3 Å². The lowest BCUT2D eigenvalue weighted by atomic mass is 10.1. The molecule has 0 spiro atoms. The van der Waals surface area contributed by atoms with Crippen molar-refractivity contribution in [2.75, 3.05) is 26.6 Å². The number of anilines is 1. The van der Waals surface area contributed by atoms with Gasteiger partial charge in [0.25, 0.3) is 5.91 Å². The van der Waals surface area contributed by atoms with Crippen molar-refractivity contribution in [3.63, 3.8) is 0 Å². The average molecular weight is 453 g/mol. The van der Waals surface area contributed by atoms with E-state index in [0.29, 0.717) is 56.9 Å². The number of halogens is 1. The van der Waals surface area contributed by atoms with Gasteiger partial charge in [-0.15, -0.1) is 0 Å². The Balaban J connectivity index is 1.56. The van der Waals surface area contributed by atoms with Crippen LogP contribution in [-0.4, -0.2) is 32.2 Å². The van der Waals surface area contributed by atoms with Crippen LogP contribution < -0.4 is 19.5 Å². The third kappa shape index (κ3) is 4.48. The van der Waals surface area contributed by atoms with E-state index in [1.807, 2.05) is 12.1 Å². The summed E-state index contributed by atoms with van der Waals surface area (Å²) in [7, 11) is 4.70. The Hall–Kier alpha value is -3.71. The first kappa shape index (κ1) is 21.5. The summed E-state index contributed by atoms with van der Waals surface area (Å²) in [5.74, 6) is 1.94. The topological polar surface area (TPSA) is 82.8 Å². The second-order valence-corrected chi connectivity index (χ2v) is 7.40. The summed E-state index contributed by atoms with van der Waals surface area (Å²) < 4.78 is 22.1. The van der Waals surface area contributed by atoms with E-state index in [1.165, 1.54) is 0 Å². The van der Waals surface area contributed by atoms with Crippen LogP contribution in [0.5, 0.6) is 17.2 Å². The first-order valence-corrected chi connectivity index (χ1v) is 10.1. The van der Waals surface area contributed by atoms with Crippen molar-refractivity contribution in [1.29, 1.82) is 0 Å². The Labute approximate surface area is 189 Å². The summed E-state index contributed by atoms with van der Waals surface area (Å²) in [4.78, 5) is 17.0. The molecule has 0 radical (unpaired) electrons. The Morgan fingerprint density at radius 3 is 2.28 bits per heavy atom. The van der Waals surface area contributed by atoms with Crippen LogP contribution in [0, 0.1) is 0 Å². The van der Waals surface area contributed by atoms with E-state index in [-0.39, 0.29) is 5.91 Å². The van der Waals surface area contributed by atoms with Gasteiger partial charge in [-0.2, -0.15) is 0 Å². The third-order valence-corrected chi connectivity index (χ3v) is 5.13. The second kappa shape index (κ2) is 9.20. The number of carbonyl (C=O) groups is 1. The van der Waals surface area contributed by atoms with Gasteiger partial charge in [0.15, 0.2) is 23.0 Å². The number of fused-ring (bicyclic) bond motifs is 1. The summed E-state index contributed by atoms with van der Waals surface area (Å²) in [6.45, 7) is 0. The molecule has 4 rings (SSSR count). The molecule has 4 aromatic rings. The number of carbonyl (C=O) groups excluding carboxylic acids is 1. The first-order chi connectivity index (χ1) is 15.5. The molecule has 0 bridgehead atoms. The molecule has 0 aliphatic heterocycles. The van der Waals surface area contributed by atoms with E-state index >= 15 is 0 Å². The van der Waals surface area contributed by atoms with E-state index in [2.05, 4.69) is 10.3 Å². The van der Waals surface area contributed by atoms with Gasteiger partial charge in [-0.3, -0.25) is 4.79 Å². The van der Waals surface area contributed by atoms with E-state index in [1.54, 1.807) is 63.8 Å². The van der Waals surface area contributed by atoms with Crippen molar-refractivity contribution in [3.8, 4) is 17.2 Å². The zero-order valence-electron chi connectivity index (χ0n) is 17.8. The maximum Gasteiger partial charge on any atom is 0.255 e. The lowest BCUT2D eigenvalue weighted by molar-refractivity contribution is 0.102. The molecule has 164 valence electrons. The maximum atomic E-state index is 12.4. The van der Waals surface area contributed by atoms with Gasteiger partial charge in [0, 0.05) is 22.7 Å². The molecule has 1 heterocycles. The number of hydrogen-bond acceptors (Lipinski definition) is 6. The fourth-order valence-corrected chi connectivity index (χ4v) is 3.47. The van der Waals surface area contributed by atoms with Gasteiger partial charge in [-0.05, 0) is 60.2 Å². The van der Waals surface area contributed by atoms with E-state index in [9.17, 15) is 4.79 Å². The highest BCUT2D eigenvalue weighted by atomic mass is 35.5. The molecule has 0 saturated carbocycles. The number of aromatic nitrogens is 1. The molecule has 3 aromatic carbocycles. The fraction of sp³-hybridized carbons (Fsp3) is 0.167. The number of oxazole rings is 1. The van der Waals surface area contributed by atoms with Crippen LogP contribution in [0.15, 0.2) is 59.0 Å². The molecule has 1 amide bonds. The average Bonchev–Trinajstić information content (AvgIpc) is 3.20. The second-order valence-electron chi connectivity index (χ2n) is 6.96. The van der Waals surface area contributed by atoms with Crippen LogP contribution in [0.25, 0.3) is 11.1 Å². The lowest BCUT2D eigenvalue weighted by Crippen LogP contribution is -2.11. The largest absolute Gasteiger partial charge is 0.493 e. The number of ether oxygens (including phenoxy) is 3. The standard InChI is InChI=1S/C24H21ClN2O5/c1-29-20-10-14(11-21(30-2)23(20)31-3)12-22-27-18-13-17(8-9-19(18)32-22)26-24(28)15-4-6-16(25)7-5-15/h4-11,13H,12H2,1-3H3,(H,26,28).